The molecule has 0 aliphatic carbocycles. The number of carbonyl (C=O) groups excluding carboxylic acids is 1. The topological polar surface area (TPSA) is 77.2 Å². The van der Waals surface area contributed by atoms with E-state index in [0.717, 1.165) is 17.4 Å². The van der Waals surface area contributed by atoms with Gasteiger partial charge in [-0.3, -0.25) is 4.79 Å². The SMILES string of the molecule is CCC1(CCNc2nc(C(C)C)no2)Oc2ccc(-c3ccc(C=O)cc3)cc2CC1(F)F. The predicted octanol–water partition coefficient (Wildman–Crippen LogP) is 5.89. The third kappa shape index (κ3) is 4.47. The average Bonchev–Trinajstić information content (AvgIpc) is 3.28. The summed E-state index contributed by atoms with van der Waals surface area (Å²) in [4.78, 5) is 15.1. The van der Waals surface area contributed by atoms with Crippen LogP contribution in [0.5, 0.6) is 5.75 Å². The number of aldehydes is 1. The number of fused-ring (bicyclic) bond motifs is 1. The van der Waals surface area contributed by atoms with Crippen molar-refractivity contribution >= 4 is 12.3 Å². The van der Waals surface area contributed by atoms with E-state index in [-0.39, 0.29) is 31.3 Å². The zero-order chi connectivity index (χ0) is 23.6. The van der Waals surface area contributed by atoms with Crippen LogP contribution in [0.25, 0.3) is 11.1 Å². The molecule has 1 unspecified atom stereocenters. The molecule has 3 aromatic rings. The first-order valence-electron chi connectivity index (χ1n) is 11.1. The smallest absolute Gasteiger partial charge is 0.321 e. The van der Waals surface area contributed by atoms with E-state index in [4.69, 9.17) is 9.26 Å². The molecule has 1 aliphatic rings. The molecule has 1 N–H and O–H groups in total. The Hall–Kier alpha value is -3.29. The molecule has 2 aromatic carbocycles. The average molecular weight is 456 g/mol. The second-order valence-electron chi connectivity index (χ2n) is 8.68. The molecule has 33 heavy (non-hydrogen) atoms. The van der Waals surface area contributed by atoms with E-state index in [1.54, 1.807) is 43.3 Å². The molecule has 0 bridgehead atoms. The van der Waals surface area contributed by atoms with Crippen molar-refractivity contribution in [2.24, 2.45) is 0 Å². The van der Waals surface area contributed by atoms with Gasteiger partial charge in [0, 0.05) is 36.4 Å². The lowest BCUT2D eigenvalue weighted by Gasteiger charge is -2.44. The van der Waals surface area contributed by atoms with Crippen LogP contribution in [0.15, 0.2) is 47.0 Å². The van der Waals surface area contributed by atoms with Gasteiger partial charge < -0.3 is 14.6 Å². The van der Waals surface area contributed by atoms with E-state index in [1.807, 2.05) is 19.9 Å². The highest BCUT2D eigenvalue weighted by atomic mass is 19.3. The summed E-state index contributed by atoms with van der Waals surface area (Å²) in [5.41, 5.74) is 1.04. The fraction of sp³-hybridized carbons (Fsp3) is 0.400. The van der Waals surface area contributed by atoms with Crippen molar-refractivity contribution in [3.63, 3.8) is 0 Å². The van der Waals surface area contributed by atoms with Gasteiger partial charge in [-0.05, 0) is 29.7 Å². The number of anilines is 1. The molecule has 0 radical (unpaired) electrons. The van der Waals surface area contributed by atoms with Crippen LogP contribution < -0.4 is 10.1 Å². The van der Waals surface area contributed by atoms with Crippen LogP contribution in [0.2, 0.25) is 0 Å². The van der Waals surface area contributed by atoms with Gasteiger partial charge in [-0.1, -0.05) is 56.3 Å². The molecule has 4 rings (SSSR count). The van der Waals surface area contributed by atoms with E-state index in [0.29, 0.717) is 22.7 Å². The molecule has 6 nitrogen and oxygen atoms in total. The van der Waals surface area contributed by atoms with Crippen LogP contribution in [0.1, 0.15) is 61.3 Å². The Balaban J connectivity index is 1.52. The number of carbonyl (C=O) groups is 1. The van der Waals surface area contributed by atoms with Crippen LogP contribution in [0.3, 0.4) is 0 Å². The van der Waals surface area contributed by atoms with Crippen LogP contribution in [-0.2, 0) is 6.42 Å². The fourth-order valence-electron chi connectivity index (χ4n) is 4.09. The minimum atomic E-state index is -3.06. The second-order valence-corrected chi connectivity index (χ2v) is 8.68. The van der Waals surface area contributed by atoms with Crippen molar-refractivity contribution in [3.8, 4) is 16.9 Å². The number of benzene rings is 2. The number of alkyl halides is 2. The number of nitrogens with one attached hydrogen (secondary N) is 1. The van der Waals surface area contributed by atoms with E-state index < -0.39 is 17.9 Å². The molecule has 174 valence electrons. The highest BCUT2D eigenvalue weighted by Gasteiger charge is 2.57. The quantitative estimate of drug-likeness (QED) is 0.427. The van der Waals surface area contributed by atoms with E-state index >= 15 is 8.78 Å². The lowest BCUT2D eigenvalue weighted by Crippen LogP contribution is -2.56. The Morgan fingerprint density at radius 3 is 2.52 bits per heavy atom. The van der Waals surface area contributed by atoms with Crippen molar-refractivity contribution < 1.29 is 22.8 Å². The number of aromatic nitrogens is 2. The summed E-state index contributed by atoms with van der Waals surface area (Å²) in [6.07, 6.45) is 0.585. The zero-order valence-corrected chi connectivity index (χ0v) is 18.9. The first-order chi connectivity index (χ1) is 15.8. The van der Waals surface area contributed by atoms with Gasteiger partial charge in [0.05, 0.1) is 0 Å². The second kappa shape index (κ2) is 8.92. The minimum absolute atomic E-state index is 0.0737. The summed E-state index contributed by atoms with van der Waals surface area (Å²) in [6, 6.07) is 12.6. The molecule has 1 aromatic heterocycles. The van der Waals surface area contributed by atoms with Gasteiger partial charge in [0.25, 0.3) is 5.92 Å². The Morgan fingerprint density at radius 1 is 1.15 bits per heavy atom. The Morgan fingerprint density at radius 2 is 1.88 bits per heavy atom. The zero-order valence-electron chi connectivity index (χ0n) is 18.9. The first-order valence-corrected chi connectivity index (χ1v) is 11.1. The van der Waals surface area contributed by atoms with Gasteiger partial charge in [-0.2, -0.15) is 4.98 Å². The van der Waals surface area contributed by atoms with Crippen LogP contribution in [0, 0.1) is 0 Å². The van der Waals surface area contributed by atoms with Crippen molar-refractivity contribution in [1.29, 1.82) is 0 Å². The summed E-state index contributed by atoms with van der Waals surface area (Å²) in [5.74, 6) is -1.92. The number of rotatable bonds is 8. The summed E-state index contributed by atoms with van der Waals surface area (Å²) in [7, 11) is 0. The van der Waals surface area contributed by atoms with E-state index in [2.05, 4.69) is 15.5 Å². The molecule has 0 saturated heterocycles. The number of hydrogen-bond acceptors (Lipinski definition) is 6. The lowest BCUT2D eigenvalue weighted by atomic mass is 9.81. The highest BCUT2D eigenvalue weighted by Crippen LogP contribution is 2.47. The maximum atomic E-state index is 15.4. The molecule has 1 aliphatic heterocycles. The molecule has 2 heterocycles. The first kappa shape index (κ1) is 22.9. The number of hydrogen-bond donors (Lipinski definition) is 1. The van der Waals surface area contributed by atoms with Gasteiger partial charge in [-0.25, -0.2) is 8.78 Å². The summed E-state index contributed by atoms with van der Waals surface area (Å²) >= 11 is 0. The normalized spacial score (nSPS) is 19.1. The van der Waals surface area contributed by atoms with Gasteiger partial charge >= 0.3 is 6.01 Å². The van der Waals surface area contributed by atoms with Crippen LogP contribution in [0.4, 0.5) is 14.8 Å². The van der Waals surface area contributed by atoms with Gasteiger partial charge in [0.1, 0.15) is 12.0 Å². The molecular formula is C25H27F2N3O3. The number of nitrogens with zero attached hydrogens (tertiary/aromatic N) is 2. The maximum Gasteiger partial charge on any atom is 0.321 e. The Bertz CT molecular complexity index is 1130. The third-order valence-corrected chi connectivity index (χ3v) is 6.16. The maximum absolute atomic E-state index is 15.4. The fourth-order valence-corrected chi connectivity index (χ4v) is 4.09. The minimum Gasteiger partial charge on any atom is -0.481 e. The number of ether oxygens (including phenoxy) is 1. The molecule has 1 atom stereocenters. The molecule has 0 saturated carbocycles. The van der Waals surface area contributed by atoms with Gasteiger partial charge in [-0.15, -0.1) is 0 Å². The van der Waals surface area contributed by atoms with Crippen molar-refractivity contribution in [2.75, 3.05) is 11.9 Å². The number of halogens is 2. The van der Waals surface area contributed by atoms with Crippen molar-refractivity contribution in [3.05, 3.63) is 59.4 Å². The van der Waals surface area contributed by atoms with Crippen LogP contribution in [-0.4, -0.2) is 34.5 Å². The molecular weight excluding hydrogens is 428 g/mol. The van der Waals surface area contributed by atoms with Crippen molar-refractivity contribution in [2.45, 2.75) is 57.5 Å². The highest BCUT2D eigenvalue weighted by molar-refractivity contribution is 5.77. The van der Waals surface area contributed by atoms with Gasteiger partial charge in [0.2, 0.25) is 0 Å². The molecule has 8 heteroatoms. The largest absolute Gasteiger partial charge is 0.481 e. The summed E-state index contributed by atoms with van der Waals surface area (Å²) < 4.78 is 42.0. The molecule has 0 fully saturated rings. The molecule has 0 spiro atoms. The summed E-state index contributed by atoms with van der Waals surface area (Å²) in [6.45, 7) is 5.81. The van der Waals surface area contributed by atoms with E-state index in [9.17, 15) is 4.79 Å². The summed E-state index contributed by atoms with van der Waals surface area (Å²) in [5, 5.41) is 6.82. The Labute approximate surface area is 191 Å². The van der Waals surface area contributed by atoms with Gasteiger partial charge in [0.15, 0.2) is 11.4 Å². The predicted molar refractivity (Wildman–Crippen MR) is 121 cm³/mol. The van der Waals surface area contributed by atoms with Crippen molar-refractivity contribution in [1.82, 2.24) is 10.1 Å². The van der Waals surface area contributed by atoms with Crippen LogP contribution >= 0.6 is 0 Å². The third-order valence-electron chi connectivity index (χ3n) is 6.16. The Kier molecular flexibility index (Phi) is 6.19. The standard InChI is InChI=1S/C25H27F2N3O3/c1-4-24(11-12-28-23-29-22(16(2)3)30-33-23)25(26,27)14-20-13-19(9-10-21(20)32-24)18-7-5-17(15-31)6-8-18/h5-10,13,15-16H,4,11-12,14H2,1-3H3,(H,28,29,30). The monoisotopic (exact) mass is 455 g/mol. The molecule has 0 amide bonds. The lowest BCUT2D eigenvalue weighted by molar-refractivity contribution is -0.179. The van der Waals surface area contributed by atoms with E-state index in [1.165, 1.54) is 0 Å².